The van der Waals surface area contributed by atoms with Crippen LogP contribution in [0.15, 0.2) is 58.9 Å². The fourth-order valence-corrected chi connectivity index (χ4v) is 7.13. The van der Waals surface area contributed by atoms with Gasteiger partial charge in [-0.25, -0.2) is 19.6 Å². The molecule has 19 heteroatoms. The van der Waals surface area contributed by atoms with Crippen LogP contribution in [0.1, 0.15) is 43.0 Å². The lowest BCUT2D eigenvalue weighted by molar-refractivity contribution is -0.192. The average Bonchev–Trinajstić information content (AvgIpc) is 3.89. The fraction of sp³-hybridized carbons (Fsp3) is 0.324. The van der Waals surface area contributed by atoms with Crippen LogP contribution in [0.2, 0.25) is 5.02 Å². The largest absolute Gasteiger partial charge is 0.490 e. The predicted molar refractivity (Wildman–Crippen MR) is 204 cm³/mol. The van der Waals surface area contributed by atoms with E-state index in [1.54, 1.807) is 24.3 Å². The maximum absolute atomic E-state index is 12.2. The smallest absolute Gasteiger partial charge is 0.490 e. The van der Waals surface area contributed by atoms with Crippen LogP contribution in [0.4, 0.5) is 19.0 Å². The van der Waals surface area contributed by atoms with Crippen molar-refractivity contribution in [2.45, 2.75) is 49.2 Å². The molecule has 0 unspecified atom stereocenters. The first kappa shape index (κ1) is 43.3. The number of nitrogens with zero attached hydrogens (tertiary/aromatic N) is 5. The molecule has 2 aromatic heterocycles. The standard InChI is InChI=1S/C35H34ClN7O4S2.C2HF3O2/c1-22(40-30(44)12-13-37)35(45)47-17-16-46-27-10-6-23(7-11-27)31-28(18-38)32(43-14-2-3-15-43)42-34(29(31)19-39)49-21-26-20-48-33(41-26)24-4-8-25(36)9-5-24;3-2(4,5)1(6)7/h4-11,20,22H,2-3,12-17,21,37H2,1H3,(H,40,44);(H,6,7)/t22-;/m0./s1. The molecule has 1 fully saturated rings. The molecule has 4 N–H and O–H groups in total. The van der Waals surface area contributed by atoms with Gasteiger partial charge in [0.1, 0.15) is 58.6 Å². The minimum atomic E-state index is -5.08. The molecule has 1 aliphatic heterocycles. The summed E-state index contributed by atoms with van der Waals surface area (Å²) < 4.78 is 42.7. The van der Waals surface area contributed by atoms with Gasteiger partial charge < -0.3 is 30.5 Å². The molecule has 0 spiro atoms. The van der Waals surface area contributed by atoms with Gasteiger partial charge in [0.05, 0.1) is 11.3 Å². The summed E-state index contributed by atoms with van der Waals surface area (Å²) in [6.45, 7) is 3.37. The Morgan fingerprint density at radius 3 is 2.25 bits per heavy atom. The van der Waals surface area contributed by atoms with E-state index in [-0.39, 0.29) is 32.1 Å². The highest BCUT2D eigenvalue weighted by molar-refractivity contribution is 7.98. The Balaban J connectivity index is 0.000000908. The summed E-state index contributed by atoms with van der Waals surface area (Å²) in [7, 11) is 0. The molecule has 5 rings (SSSR count). The quantitative estimate of drug-likeness (QED) is 0.0700. The van der Waals surface area contributed by atoms with Crippen molar-refractivity contribution in [3.63, 3.8) is 0 Å². The van der Waals surface area contributed by atoms with E-state index < -0.39 is 24.2 Å². The van der Waals surface area contributed by atoms with Crippen LogP contribution < -0.4 is 20.7 Å². The molecular formula is C37H35ClF3N7O6S2. The summed E-state index contributed by atoms with van der Waals surface area (Å²) in [6, 6.07) is 18.5. The summed E-state index contributed by atoms with van der Waals surface area (Å²) in [5, 5.41) is 34.5. The number of esters is 1. The Morgan fingerprint density at radius 1 is 1.04 bits per heavy atom. The Labute approximate surface area is 333 Å². The highest BCUT2D eigenvalue weighted by atomic mass is 35.5. The summed E-state index contributed by atoms with van der Waals surface area (Å²) >= 11 is 9.01. The number of hydrogen-bond acceptors (Lipinski definition) is 13. The van der Waals surface area contributed by atoms with Crippen molar-refractivity contribution in [1.29, 1.82) is 10.5 Å². The highest BCUT2D eigenvalue weighted by Crippen LogP contribution is 2.40. The number of aromatic nitrogens is 2. The number of halogens is 4. The molecule has 4 aromatic rings. The molecule has 1 saturated heterocycles. The maximum Gasteiger partial charge on any atom is 0.490 e. The zero-order valence-corrected chi connectivity index (χ0v) is 32.2. The maximum atomic E-state index is 12.2. The summed E-state index contributed by atoms with van der Waals surface area (Å²) in [4.78, 5) is 44.5. The number of carboxylic acid groups (broad SMARTS) is 1. The molecule has 1 atom stereocenters. The van der Waals surface area contributed by atoms with E-state index in [1.807, 2.05) is 29.6 Å². The van der Waals surface area contributed by atoms with E-state index >= 15 is 0 Å². The number of aliphatic carboxylic acids is 1. The summed E-state index contributed by atoms with van der Waals surface area (Å²) in [5.41, 5.74) is 9.08. The van der Waals surface area contributed by atoms with E-state index in [4.69, 9.17) is 46.7 Å². The first-order valence-corrected chi connectivity index (χ1v) is 19.2. The highest BCUT2D eigenvalue weighted by Gasteiger charge is 2.38. The second kappa shape index (κ2) is 20.5. The van der Waals surface area contributed by atoms with Gasteiger partial charge in [0, 0.05) is 53.3 Å². The predicted octanol–water partition coefficient (Wildman–Crippen LogP) is 6.57. The number of alkyl halides is 3. The molecular weight excluding hydrogens is 795 g/mol. The monoisotopic (exact) mass is 829 g/mol. The lowest BCUT2D eigenvalue weighted by Crippen LogP contribution is -2.40. The van der Waals surface area contributed by atoms with E-state index in [9.17, 15) is 33.3 Å². The second-order valence-electron chi connectivity index (χ2n) is 11.9. The minimum Gasteiger partial charge on any atom is -0.490 e. The number of pyridine rings is 1. The van der Waals surface area contributed by atoms with Gasteiger partial charge in [0.25, 0.3) is 0 Å². The van der Waals surface area contributed by atoms with Crippen molar-refractivity contribution in [1.82, 2.24) is 15.3 Å². The normalized spacial score (nSPS) is 12.8. The number of nitrogens with two attached hydrogens (primary N) is 1. The molecule has 3 heterocycles. The Morgan fingerprint density at radius 2 is 1.66 bits per heavy atom. The van der Waals surface area contributed by atoms with Crippen LogP contribution in [-0.4, -0.2) is 78.0 Å². The number of ether oxygens (including phenoxy) is 2. The third kappa shape index (κ3) is 12.0. The van der Waals surface area contributed by atoms with Gasteiger partial charge >= 0.3 is 18.1 Å². The van der Waals surface area contributed by atoms with Gasteiger partial charge in [0.2, 0.25) is 5.91 Å². The van der Waals surface area contributed by atoms with Gasteiger partial charge in [-0.1, -0.05) is 47.6 Å². The first-order valence-electron chi connectivity index (χ1n) is 16.9. The van der Waals surface area contributed by atoms with Crippen molar-refractivity contribution in [2.24, 2.45) is 5.73 Å². The van der Waals surface area contributed by atoms with Gasteiger partial charge in [0.15, 0.2) is 0 Å². The van der Waals surface area contributed by atoms with E-state index in [1.165, 1.54) is 30.0 Å². The minimum absolute atomic E-state index is 0.0147. The Hall–Kier alpha value is -5.40. The summed E-state index contributed by atoms with van der Waals surface area (Å²) in [5.74, 6) is -2.07. The van der Waals surface area contributed by atoms with Crippen LogP contribution in [0.3, 0.4) is 0 Å². The number of nitrogens with one attached hydrogen (secondary N) is 1. The molecule has 2 aromatic carbocycles. The number of anilines is 1. The second-order valence-corrected chi connectivity index (χ2v) is 14.2. The number of amides is 1. The number of nitriles is 2. The van der Waals surface area contributed by atoms with Crippen LogP contribution in [-0.2, 0) is 24.9 Å². The van der Waals surface area contributed by atoms with Crippen LogP contribution in [0, 0.1) is 22.7 Å². The zero-order chi connectivity index (χ0) is 40.8. The first-order chi connectivity index (χ1) is 26.7. The van der Waals surface area contributed by atoms with Crippen molar-refractivity contribution in [3.8, 4) is 39.6 Å². The number of carboxylic acids is 1. The zero-order valence-electron chi connectivity index (χ0n) is 29.8. The summed E-state index contributed by atoms with van der Waals surface area (Å²) in [6.07, 6.45) is -2.96. The number of thioether (sulfide) groups is 1. The number of rotatable bonds is 14. The van der Waals surface area contributed by atoms with Gasteiger partial charge in [-0.3, -0.25) is 4.79 Å². The Kier molecular flexibility index (Phi) is 15.9. The van der Waals surface area contributed by atoms with Gasteiger partial charge in [-0.15, -0.1) is 11.3 Å². The van der Waals surface area contributed by atoms with E-state index in [2.05, 4.69) is 22.4 Å². The molecule has 0 aliphatic carbocycles. The molecule has 1 amide bonds. The van der Waals surface area contributed by atoms with Crippen molar-refractivity contribution >= 4 is 58.4 Å². The van der Waals surface area contributed by atoms with Crippen LogP contribution in [0.25, 0.3) is 21.7 Å². The van der Waals surface area contributed by atoms with Crippen molar-refractivity contribution in [2.75, 3.05) is 37.7 Å². The SMILES string of the molecule is C[C@H](NC(=O)CCN)C(=O)OCCOc1ccc(-c2c(C#N)c(SCc3csc(-c4ccc(Cl)cc4)n3)nc(N3CCCC3)c2C#N)cc1.O=C(O)C(F)(F)F. The third-order valence-corrected chi connectivity index (χ3v) is 10.1. The van der Waals surface area contributed by atoms with Crippen LogP contribution >= 0.6 is 34.7 Å². The average molecular weight is 830 g/mol. The number of carbonyl (C=O) groups is 3. The molecule has 56 heavy (non-hydrogen) atoms. The molecule has 294 valence electrons. The number of benzene rings is 2. The molecule has 0 radical (unpaired) electrons. The fourth-order valence-electron chi connectivity index (χ4n) is 5.20. The van der Waals surface area contributed by atoms with Gasteiger partial charge in [-0.05, 0) is 49.6 Å². The lowest BCUT2D eigenvalue weighted by atomic mass is 9.96. The van der Waals surface area contributed by atoms with Crippen LogP contribution in [0.5, 0.6) is 5.75 Å². The topological polar surface area (TPSA) is 205 Å². The lowest BCUT2D eigenvalue weighted by Gasteiger charge is -2.22. The van der Waals surface area contributed by atoms with E-state index in [0.717, 1.165) is 42.2 Å². The van der Waals surface area contributed by atoms with Crippen molar-refractivity contribution < 1.29 is 42.1 Å². The molecule has 0 saturated carbocycles. The third-order valence-electron chi connectivity index (χ3n) is 7.86. The molecule has 0 bridgehead atoms. The molecule has 1 aliphatic rings. The number of carbonyl (C=O) groups excluding carboxylic acids is 2. The number of thiazole rings is 1. The molecule has 13 nitrogen and oxygen atoms in total. The number of hydrogen-bond donors (Lipinski definition) is 3. The van der Waals surface area contributed by atoms with Gasteiger partial charge in [-0.2, -0.15) is 23.7 Å². The Bertz CT molecular complexity index is 2080. The van der Waals surface area contributed by atoms with E-state index in [0.29, 0.717) is 49.6 Å². The van der Waals surface area contributed by atoms with Crippen molar-refractivity contribution in [3.05, 3.63) is 75.8 Å².